The van der Waals surface area contributed by atoms with E-state index < -0.39 is 4.92 Å². The lowest BCUT2D eigenvalue weighted by Gasteiger charge is -2.08. The molecule has 2 aromatic rings. The average Bonchev–Trinajstić information content (AvgIpc) is 2.48. The molecule has 0 aromatic carbocycles. The molecule has 1 amide bonds. The number of nitrogens with one attached hydrogen (secondary N) is 2. The number of pyridine rings is 2. The number of nitro groups is 1. The van der Waals surface area contributed by atoms with Gasteiger partial charge in [-0.25, -0.2) is 9.97 Å². The number of nitrogens with zero attached hydrogens (tertiary/aromatic N) is 3. The van der Waals surface area contributed by atoms with Crippen molar-refractivity contribution in [2.24, 2.45) is 0 Å². The van der Waals surface area contributed by atoms with Gasteiger partial charge in [0.15, 0.2) is 0 Å². The number of hydrogen-bond donors (Lipinski definition) is 2. The van der Waals surface area contributed by atoms with Gasteiger partial charge in [0.2, 0.25) is 5.91 Å². The largest absolute Gasteiger partial charge is 0.369 e. The molecule has 0 atom stereocenters. The van der Waals surface area contributed by atoms with Gasteiger partial charge in [-0.3, -0.25) is 14.9 Å². The molecule has 8 heteroatoms. The summed E-state index contributed by atoms with van der Waals surface area (Å²) in [7, 11) is 0. The maximum absolute atomic E-state index is 11.8. The summed E-state index contributed by atoms with van der Waals surface area (Å²) in [5, 5.41) is 16.4. The molecular formula is C15H17N5O3. The van der Waals surface area contributed by atoms with Gasteiger partial charge in [-0.1, -0.05) is 6.07 Å². The lowest BCUT2D eigenvalue weighted by molar-refractivity contribution is -0.385. The number of aryl methyl sites for hydroxylation is 2. The molecular weight excluding hydrogens is 298 g/mol. The van der Waals surface area contributed by atoms with Crippen molar-refractivity contribution in [1.29, 1.82) is 0 Å². The number of anilines is 2. The summed E-state index contributed by atoms with van der Waals surface area (Å²) in [4.78, 5) is 30.2. The van der Waals surface area contributed by atoms with E-state index in [2.05, 4.69) is 20.6 Å². The zero-order valence-electron chi connectivity index (χ0n) is 12.9. The third-order valence-corrected chi connectivity index (χ3v) is 3.07. The molecule has 2 aromatic heterocycles. The van der Waals surface area contributed by atoms with Crippen LogP contribution in [0.1, 0.15) is 17.7 Å². The smallest absolute Gasteiger partial charge is 0.287 e. The van der Waals surface area contributed by atoms with Crippen LogP contribution in [-0.4, -0.2) is 27.3 Å². The van der Waals surface area contributed by atoms with Crippen molar-refractivity contribution in [3.63, 3.8) is 0 Å². The van der Waals surface area contributed by atoms with E-state index in [0.29, 0.717) is 23.7 Å². The molecule has 0 spiro atoms. The number of rotatable bonds is 6. The monoisotopic (exact) mass is 315 g/mol. The maximum atomic E-state index is 11.8. The van der Waals surface area contributed by atoms with Crippen LogP contribution in [0.5, 0.6) is 0 Å². The summed E-state index contributed by atoms with van der Waals surface area (Å²) in [5.41, 5.74) is 1.42. The summed E-state index contributed by atoms with van der Waals surface area (Å²) < 4.78 is 0. The van der Waals surface area contributed by atoms with Crippen LogP contribution in [0.3, 0.4) is 0 Å². The molecule has 0 aliphatic heterocycles. The highest BCUT2D eigenvalue weighted by Crippen LogP contribution is 2.17. The Morgan fingerprint density at radius 1 is 1.35 bits per heavy atom. The minimum absolute atomic E-state index is 0.0590. The molecule has 0 aliphatic rings. The molecule has 23 heavy (non-hydrogen) atoms. The van der Waals surface area contributed by atoms with Gasteiger partial charge < -0.3 is 10.6 Å². The van der Waals surface area contributed by atoms with E-state index in [0.717, 1.165) is 5.69 Å². The minimum atomic E-state index is -0.494. The molecule has 0 fully saturated rings. The van der Waals surface area contributed by atoms with Crippen molar-refractivity contribution < 1.29 is 9.72 Å². The van der Waals surface area contributed by atoms with Crippen molar-refractivity contribution in [1.82, 2.24) is 9.97 Å². The molecule has 8 nitrogen and oxygen atoms in total. The summed E-state index contributed by atoms with van der Waals surface area (Å²) in [6, 6.07) is 6.83. The zero-order chi connectivity index (χ0) is 16.8. The predicted octanol–water partition coefficient (Wildman–Crippen LogP) is 2.44. The van der Waals surface area contributed by atoms with Crippen LogP contribution in [0.2, 0.25) is 0 Å². The molecule has 0 saturated carbocycles. The van der Waals surface area contributed by atoms with E-state index in [1.165, 1.54) is 12.3 Å². The molecule has 0 unspecified atom stereocenters. The maximum Gasteiger partial charge on any atom is 0.287 e. The highest BCUT2D eigenvalue weighted by Gasteiger charge is 2.10. The van der Waals surface area contributed by atoms with Crippen LogP contribution < -0.4 is 10.6 Å². The van der Waals surface area contributed by atoms with Crippen molar-refractivity contribution in [2.75, 3.05) is 17.2 Å². The van der Waals surface area contributed by atoms with E-state index in [1.54, 1.807) is 13.0 Å². The highest BCUT2D eigenvalue weighted by atomic mass is 16.6. The average molecular weight is 315 g/mol. The fourth-order valence-corrected chi connectivity index (χ4v) is 1.96. The Hall–Kier alpha value is -3.03. The quantitative estimate of drug-likeness (QED) is 0.626. The topological polar surface area (TPSA) is 110 Å². The second-order valence-electron chi connectivity index (χ2n) is 5.01. The van der Waals surface area contributed by atoms with Crippen LogP contribution in [0, 0.1) is 24.0 Å². The number of aromatic nitrogens is 2. The summed E-state index contributed by atoms with van der Waals surface area (Å²) >= 11 is 0. The number of carbonyl (C=O) groups is 1. The molecule has 2 rings (SSSR count). The first-order chi connectivity index (χ1) is 11.0. The Kier molecular flexibility index (Phi) is 5.19. The third-order valence-electron chi connectivity index (χ3n) is 3.07. The molecule has 120 valence electrons. The van der Waals surface area contributed by atoms with Gasteiger partial charge in [0.25, 0.3) is 5.69 Å². The van der Waals surface area contributed by atoms with Crippen LogP contribution in [0.25, 0.3) is 0 Å². The zero-order valence-corrected chi connectivity index (χ0v) is 12.9. The van der Waals surface area contributed by atoms with E-state index in [-0.39, 0.29) is 18.0 Å². The van der Waals surface area contributed by atoms with Crippen molar-refractivity contribution in [3.8, 4) is 0 Å². The Labute approximate surface area is 133 Å². The summed E-state index contributed by atoms with van der Waals surface area (Å²) in [6.45, 7) is 3.93. The second kappa shape index (κ2) is 7.30. The van der Waals surface area contributed by atoms with Crippen LogP contribution >= 0.6 is 0 Å². The van der Waals surface area contributed by atoms with Gasteiger partial charge in [0, 0.05) is 24.7 Å². The van der Waals surface area contributed by atoms with Crippen LogP contribution in [-0.2, 0) is 4.79 Å². The lowest BCUT2D eigenvalue weighted by atomic mass is 10.2. The molecule has 0 aliphatic carbocycles. The van der Waals surface area contributed by atoms with Crippen LogP contribution in [0.15, 0.2) is 30.5 Å². The van der Waals surface area contributed by atoms with Gasteiger partial charge >= 0.3 is 0 Å². The fourth-order valence-electron chi connectivity index (χ4n) is 1.96. The van der Waals surface area contributed by atoms with Crippen molar-refractivity contribution >= 4 is 23.2 Å². The van der Waals surface area contributed by atoms with E-state index in [4.69, 9.17) is 0 Å². The van der Waals surface area contributed by atoms with E-state index in [9.17, 15) is 14.9 Å². The summed E-state index contributed by atoms with van der Waals surface area (Å²) in [5.74, 6) is 0.867. The minimum Gasteiger partial charge on any atom is -0.369 e. The van der Waals surface area contributed by atoms with Crippen LogP contribution in [0.4, 0.5) is 17.3 Å². The second-order valence-corrected chi connectivity index (χ2v) is 5.01. The van der Waals surface area contributed by atoms with Crippen molar-refractivity contribution in [2.45, 2.75) is 20.3 Å². The van der Waals surface area contributed by atoms with Gasteiger partial charge in [-0.05, 0) is 31.5 Å². The van der Waals surface area contributed by atoms with Gasteiger partial charge in [-0.15, -0.1) is 0 Å². The van der Waals surface area contributed by atoms with E-state index >= 15 is 0 Å². The van der Waals surface area contributed by atoms with Crippen molar-refractivity contribution in [3.05, 3.63) is 51.8 Å². The molecule has 0 bridgehead atoms. The predicted molar refractivity (Wildman–Crippen MR) is 86.3 cm³/mol. The van der Waals surface area contributed by atoms with Gasteiger partial charge in [-0.2, -0.15) is 0 Å². The lowest BCUT2D eigenvalue weighted by Crippen LogP contribution is -2.17. The first-order valence-electron chi connectivity index (χ1n) is 7.04. The SMILES string of the molecule is Cc1cccc(NC(=O)CCNc2ncc([N+](=O)[O-])cc2C)n1. The normalized spacial score (nSPS) is 10.2. The fraction of sp³-hybridized carbons (Fsp3) is 0.267. The molecule has 0 saturated heterocycles. The standard InChI is InChI=1S/C15H17N5O3/c1-10-8-12(20(22)23)9-17-15(10)16-7-6-14(21)19-13-5-3-4-11(2)18-13/h3-5,8-9H,6-7H2,1-2H3,(H,16,17)(H,18,19,21). The highest BCUT2D eigenvalue weighted by molar-refractivity contribution is 5.90. The molecule has 2 N–H and O–H groups in total. The Morgan fingerprint density at radius 3 is 2.78 bits per heavy atom. The van der Waals surface area contributed by atoms with Gasteiger partial charge in [0.1, 0.15) is 17.8 Å². The Balaban J connectivity index is 1.85. The number of amides is 1. The Morgan fingerprint density at radius 2 is 2.13 bits per heavy atom. The first kappa shape index (κ1) is 16.3. The van der Waals surface area contributed by atoms with Gasteiger partial charge in [0.05, 0.1) is 4.92 Å². The summed E-state index contributed by atoms with van der Waals surface area (Å²) in [6.07, 6.45) is 1.42. The molecule has 2 heterocycles. The number of hydrogen-bond acceptors (Lipinski definition) is 6. The van der Waals surface area contributed by atoms with E-state index in [1.807, 2.05) is 19.1 Å². The Bertz CT molecular complexity index is 733. The first-order valence-corrected chi connectivity index (χ1v) is 7.04. The number of carbonyl (C=O) groups excluding carboxylic acids is 1. The third kappa shape index (κ3) is 4.73. The molecule has 0 radical (unpaired) electrons.